The molecule has 1 atom stereocenters. The van der Waals surface area contributed by atoms with E-state index in [4.69, 9.17) is 45.3 Å². The first-order chi connectivity index (χ1) is 13.3. The van der Waals surface area contributed by atoms with Gasteiger partial charge in [-0.15, -0.1) is 0 Å². The van der Waals surface area contributed by atoms with E-state index in [9.17, 15) is 14.4 Å². The molecule has 4 N–H and O–H groups in total. The number of hydrogen-bond donors (Lipinski definition) is 3. The number of nitrogens with one attached hydrogen (secondary N) is 2. The first kappa shape index (κ1) is 21.8. The van der Waals surface area contributed by atoms with E-state index in [0.29, 0.717) is 16.3 Å². The summed E-state index contributed by atoms with van der Waals surface area (Å²) in [7, 11) is 0. The first-order valence-electron chi connectivity index (χ1n) is 7.97. The Hall–Kier alpha value is -2.48. The number of amides is 3. The van der Waals surface area contributed by atoms with Gasteiger partial charge in [-0.2, -0.15) is 0 Å². The quantitative estimate of drug-likeness (QED) is 0.562. The van der Waals surface area contributed by atoms with Crippen molar-refractivity contribution < 1.29 is 19.1 Å². The summed E-state index contributed by atoms with van der Waals surface area (Å²) < 4.78 is 4.96. The molecule has 2 aromatic carbocycles. The second kappa shape index (κ2) is 10.2. The largest absolute Gasteiger partial charge is 0.455 e. The molecule has 0 heterocycles. The summed E-state index contributed by atoms with van der Waals surface area (Å²) >= 11 is 18.0. The average molecular weight is 445 g/mol. The van der Waals surface area contributed by atoms with Gasteiger partial charge in [-0.1, -0.05) is 59.1 Å². The second-order valence-corrected chi connectivity index (χ2v) is 6.79. The number of primary amides is 1. The maximum Gasteiger partial charge on any atom is 0.312 e. The van der Waals surface area contributed by atoms with Crippen molar-refractivity contribution in [1.29, 1.82) is 0 Å². The summed E-state index contributed by atoms with van der Waals surface area (Å²) in [6, 6.07) is 9.76. The molecular weight excluding hydrogens is 429 g/mol. The minimum atomic E-state index is -0.828. The predicted molar refractivity (Wildman–Crippen MR) is 108 cm³/mol. The van der Waals surface area contributed by atoms with Gasteiger partial charge in [0.25, 0.3) is 5.91 Å². The highest BCUT2D eigenvalue weighted by Crippen LogP contribution is 2.29. The van der Waals surface area contributed by atoms with Crippen LogP contribution in [0.3, 0.4) is 0 Å². The van der Waals surface area contributed by atoms with Crippen molar-refractivity contribution in [1.82, 2.24) is 5.32 Å². The molecule has 0 spiro atoms. The first-order valence-corrected chi connectivity index (χ1v) is 9.11. The van der Waals surface area contributed by atoms with Gasteiger partial charge in [-0.05, 0) is 23.8 Å². The standard InChI is InChI=1S/C18H16Cl3N3O4/c19-11-5-2-1-4-10(11)14(24-18(22)27)8-16(26)28-9-15(25)23-13-7-3-6-12(20)17(13)21/h1-7,14H,8-9H2,(H,23,25)(H3,22,24,27). The van der Waals surface area contributed by atoms with Crippen LogP contribution in [0, 0.1) is 0 Å². The van der Waals surface area contributed by atoms with Crippen LogP contribution >= 0.6 is 34.8 Å². The van der Waals surface area contributed by atoms with Gasteiger partial charge in [-0.3, -0.25) is 9.59 Å². The number of hydrogen-bond acceptors (Lipinski definition) is 4. The molecule has 7 nitrogen and oxygen atoms in total. The fourth-order valence-electron chi connectivity index (χ4n) is 2.33. The van der Waals surface area contributed by atoms with Crippen molar-refractivity contribution in [3.05, 3.63) is 63.1 Å². The molecule has 0 bridgehead atoms. The van der Waals surface area contributed by atoms with Crippen molar-refractivity contribution in [3.63, 3.8) is 0 Å². The zero-order valence-corrected chi connectivity index (χ0v) is 16.6. The Labute approximate surface area is 176 Å². The van der Waals surface area contributed by atoms with E-state index in [2.05, 4.69) is 10.6 Å². The van der Waals surface area contributed by atoms with Crippen LogP contribution in [0.2, 0.25) is 15.1 Å². The lowest BCUT2D eigenvalue weighted by Crippen LogP contribution is -2.35. The van der Waals surface area contributed by atoms with E-state index in [-0.39, 0.29) is 16.5 Å². The molecule has 10 heteroatoms. The number of carbonyl (C=O) groups excluding carboxylic acids is 3. The van der Waals surface area contributed by atoms with Crippen molar-refractivity contribution in [2.45, 2.75) is 12.5 Å². The summed E-state index contributed by atoms with van der Waals surface area (Å²) in [5.74, 6) is -1.33. The molecule has 3 amide bonds. The second-order valence-electron chi connectivity index (χ2n) is 5.60. The molecular formula is C18H16Cl3N3O4. The summed E-state index contributed by atoms with van der Waals surface area (Å²) in [5, 5.41) is 5.72. The van der Waals surface area contributed by atoms with Gasteiger partial charge in [0.1, 0.15) is 0 Å². The van der Waals surface area contributed by atoms with Gasteiger partial charge in [-0.25, -0.2) is 4.79 Å². The third-order valence-electron chi connectivity index (χ3n) is 3.56. The van der Waals surface area contributed by atoms with Crippen LogP contribution in [-0.2, 0) is 14.3 Å². The highest BCUT2D eigenvalue weighted by atomic mass is 35.5. The van der Waals surface area contributed by atoms with E-state index in [0.717, 1.165) is 0 Å². The summed E-state index contributed by atoms with van der Waals surface area (Å²) in [4.78, 5) is 35.3. The summed E-state index contributed by atoms with van der Waals surface area (Å²) in [6.07, 6.45) is -0.266. The number of urea groups is 1. The lowest BCUT2D eigenvalue weighted by atomic mass is 10.0. The molecule has 0 fully saturated rings. The molecule has 1 unspecified atom stereocenters. The van der Waals surface area contributed by atoms with Gasteiger partial charge in [0, 0.05) is 5.02 Å². The summed E-state index contributed by atoms with van der Waals surface area (Å²) in [6.45, 7) is -0.548. The Bertz CT molecular complexity index is 892. The molecule has 0 radical (unpaired) electrons. The van der Waals surface area contributed by atoms with Crippen LogP contribution < -0.4 is 16.4 Å². The van der Waals surface area contributed by atoms with Crippen molar-refractivity contribution in [2.24, 2.45) is 5.73 Å². The highest BCUT2D eigenvalue weighted by molar-refractivity contribution is 6.44. The lowest BCUT2D eigenvalue weighted by Gasteiger charge is -2.18. The molecule has 2 aromatic rings. The number of anilines is 1. The molecule has 2 rings (SSSR count). The molecule has 0 aromatic heterocycles. The number of benzene rings is 2. The van der Waals surface area contributed by atoms with Crippen LogP contribution in [0.5, 0.6) is 0 Å². The van der Waals surface area contributed by atoms with E-state index in [1.807, 2.05) is 0 Å². The Morgan fingerprint density at radius 1 is 1.00 bits per heavy atom. The van der Waals surface area contributed by atoms with Crippen LogP contribution in [0.4, 0.5) is 10.5 Å². The molecule has 28 heavy (non-hydrogen) atoms. The number of ether oxygens (including phenoxy) is 1. The minimum absolute atomic E-state index is 0.174. The van der Waals surface area contributed by atoms with Crippen LogP contribution in [0.15, 0.2) is 42.5 Å². The zero-order valence-electron chi connectivity index (χ0n) is 14.4. The minimum Gasteiger partial charge on any atom is -0.455 e. The van der Waals surface area contributed by atoms with Crippen LogP contribution in [0.1, 0.15) is 18.0 Å². The maximum absolute atomic E-state index is 12.1. The van der Waals surface area contributed by atoms with Crippen molar-refractivity contribution >= 4 is 58.4 Å². The van der Waals surface area contributed by atoms with Gasteiger partial charge in [0.05, 0.1) is 28.2 Å². The summed E-state index contributed by atoms with van der Waals surface area (Å²) in [5.41, 5.74) is 5.95. The molecule has 0 aliphatic heterocycles. The molecule has 0 saturated heterocycles. The average Bonchev–Trinajstić information content (AvgIpc) is 2.63. The topological polar surface area (TPSA) is 111 Å². The molecule has 0 saturated carbocycles. The normalized spacial score (nSPS) is 11.4. The van der Waals surface area contributed by atoms with Gasteiger partial charge < -0.3 is 21.1 Å². The molecule has 0 aliphatic rings. The van der Waals surface area contributed by atoms with E-state index >= 15 is 0 Å². The fourth-order valence-corrected chi connectivity index (χ4v) is 2.94. The number of nitrogens with two attached hydrogens (primary N) is 1. The fraction of sp³-hybridized carbons (Fsp3) is 0.167. The van der Waals surface area contributed by atoms with Crippen molar-refractivity contribution in [2.75, 3.05) is 11.9 Å². The van der Waals surface area contributed by atoms with Crippen LogP contribution in [-0.4, -0.2) is 24.5 Å². The van der Waals surface area contributed by atoms with E-state index < -0.39 is 30.6 Å². The lowest BCUT2D eigenvalue weighted by molar-refractivity contribution is -0.147. The Balaban J connectivity index is 1.95. The zero-order chi connectivity index (χ0) is 20.7. The van der Waals surface area contributed by atoms with Crippen LogP contribution in [0.25, 0.3) is 0 Å². The number of halogens is 3. The Morgan fingerprint density at radius 3 is 2.36 bits per heavy atom. The third kappa shape index (κ3) is 6.30. The van der Waals surface area contributed by atoms with E-state index in [1.165, 1.54) is 0 Å². The van der Waals surface area contributed by atoms with Gasteiger partial charge in [0.2, 0.25) is 0 Å². The van der Waals surface area contributed by atoms with Crippen molar-refractivity contribution in [3.8, 4) is 0 Å². The number of rotatable bonds is 7. The van der Waals surface area contributed by atoms with Gasteiger partial charge >= 0.3 is 12.0 Å². The monoisotopic (exact) mass is 443 g/mol. The van der Waals surface area contributed by atoms with E-state index in [1.54, 1.807) is 42.5 Å². The number of esters is 1. The third-order valence-corrected chi connectivity index (χ3v) is 4.72. The smallest absolute Gasteiger partial charge is 0.312 e. The SMILES string of the molecule is NC(=O)NC(CC(=O)OCC(=O)Nc1cccc(Cl)c1Cl)c1ccccc1Cl. The predicted octanol–water partition coefficient (Wildman–Crippen LogP) is 3.93. The molecule has 148 valence electrons. The highest BCUT2D eigenvalue weighted by Gasteiger charge is 2.21. The number of carbonyl (C=O) groups is 3. The Morgan fingerprint density at radius 2 is 1.68 bits per heavy atom. The Kier molecular flexibility index (Phi) is 7.92. The molecule has 0 aliphatic carbocycles. The van der Waals surface area contributed by atoms with Gasteiger partial charge in [0.15, 0.2) is 6.61 Å². The maximum atomic E-state index is 12.1.